The minimum atomic E-state index is -0.387. The second-order valence-electron chi connectivity index (χ2n) is 5.70. The monoisotopic (exact) mass is 361 g/mol. The van der Waals surface area contributed by atoms with Gasteiger partial charge in [0.2, 0.25) is 5.71 Å². The van der Waals surface area contributed by atoms with Crippen molar-refractivity contribution in [3.8, 4) is 17.1 Å². The number of hydrogen-bond donors (Lipinski definition) is 2. The number of rotatable bonds is 4. The first-order valence-electron chi connectivity index (χ1n) is 8.07. The maximum Gasteiger partial charge on any atom is 0.271 e. The molecule has 4 rings (SSSR count). The molecule has 0 aliphatic heterocycles. The van der Waals surface area contributed by atoms with Gasteiger partial charge in [-0.25, -0.2) is 9.66 Å². The molecule has 8 nitrogen and oxygen atoms in total. The van der Waals surface area contributed by atoms with Gasteiger partial charge < -0.3 is 9.15 Å². The highest BCUT2D eigenvalue weighted by Crippen LogP contribution is 2.26. The summed E-state index contributed by atoms with van der Waals surface area (Å²) in [6.07, 6.45) is 4.37. The van der Waals surface area contributed by atoms with E-state index in [9.17, 15) is 4.79 Å². The number of carbonyl (C=O) groups is 1. The zero-order valence-corrected chi connectivity index (χ0v) is 14.3. The van der Waals surface area contributed by atoms with Gasteiger partial charge in [-0.1, -0.05) is 0 Å². The molecule has 0 radical (unpaired) electrons. The second-order valence-corrected chi connectivity index (χ2v) is 5.70. The van der Waals surface area contributed by atoms with Crippen molar-refractivity contribution < 1.29 is 13.9 Å². The van der Waals surface area contributed by atoms with E-state index in [0.29, 0.717) is 22.4 Å². The van der Waals surface area contributed by atoms with E-state index >= 15 is 0 Å². The van der Waals surface area contributed by atoms with Gasteiger partial charge in [0.25, 0.3) is 5.91 Å². The highest BCUT2D eigenvalue weighted by atomic mass is 16.5. The van der Waals surface area contributed by atoms with Gasteiger partial charge in [-0.3, -0.25) is 20.6 Å². The molecular formula is C19H15N5O3. The number of fused-ring (bicyclic) bond motifs is 1. The lowest BCUT2D eigenvalue weighted by molar-refractivity contribution is 0.101. The van der Waals surface area contributed by atoms with Crippen LogP contribution >= 0.6 is 0 Å². The fourth-order valence-electron chi connectivity index (χ4n) is 2.60. The maximum atomic E-state index is 12.3. The summed E-state index contributed by atoms with van der Waals surface area (Å²) in [4.78, 5) is 20.4. The van der Waals surface area contributed by atoms with Gasteiger partial charge >= 0.3 is 0 Å². The molecule has 27 heavy (non-hydrogen) atoms. The molecule has 8 heteroatoms. The maximum absolute atomic E-state index is 12.3. The van der Waals surface area contributed by atoms with Crippen LogP contribution in [0.4, 0.5) is 0 Å². The molecule has 0 bridgehead atoms. The highest BCUT2D eigenvalue weighted by Gasteiger charge is 2.12. The fraction of sp³-hybridized carbons (Fsp3) is 0.0526. The van der Waals surface area contributed by atoms with Gasteiger partial charge in [0.15, 0.2) is 5.49 Å². The Morgan fingerprint density at radius 3 is 2.78 bits per heavy atom. The molecule has 0 saturated heterocycles. The Bertz CT molecular complexity index is 1160. The highest BCUT2D eigenvalue weighted by molar-refractivity contribution is 5.99. The average molecular weight is 361 g/mol. The molecule has 1 amide bonds. The largest absolute Gasteiger partial charge is 0.497 e. The number of methoxy groups -OCH3 is 1. The Morgan fingerprint density at radius 2 is 2.07 bits per heavy atom. The van der Waals surface area contributed by atoms with Crippen molar-refractivity contribution in [2.75, 3.05) is 12.5 Å². The lowest BCUT2D eigenvalue weighted by Gasteiger charge is -2.08. The van der Waals surface area contributed by atoms with E-state index in [1.807, 2.05) is 24.3 Å². The lowest BCUT2D eigenvalue weighted by atomic mass is 10.1. The first-order valence-corrected chi connectivity index (χ1v) is 8.07. The SMILES string of the molecule is COc1ccc(-c2cc3c(=N)n(NC(=O)c4cccnc4)cnc3o2)cc1. The molecule has 0 spiro atoms. The van der Waals surface area contributed by atoms with Crippen LogP contribution in [0.5, 0.6) is 5.75 Å². The summed E-state index contributed by atoms with van der Waals surface area (Å²) in [6, 6.07) is 12.4. The first kappa shape index (κ1) is 16.5. The second kappa shape index (κ2) is 6.75. The minimum Gasteiger partial charge on any atom is -0.497 e. The number of furan rings is 1. The van der Waals surface area contributed by atoms with Crippen LogP contribution in [0.1, 0.15) is 10.4 Å². The van der Waals surface area contributed by atoms with Gasteiger partial charge in [0, 0.05) is 18.0 Å². The van der Waals surface area contributed by atoms with Crippen LogP contribution in [0.15, 0.2) is 65.6 Å². The van der Waals surface area contributed by atoms with Gasteiger partial charge in [-0.2, -0.15) is 0 Å². The third-order valence-electron chi connectivity index (χ3n) is 4.02. The minimum absolute atomic E-state index is 0.0563. The van der Waals surface area contributed by atoms with Crippen LogP contribution < -0.4 is 15.7 Å². The van der Waals surface area contributed by atoms with Crippen LogP contribution in [-0.4, -0.2) is 27.7 Å². The van der Waals surface area contributed by atoms with E-state index in [1.54, 1.807) is 31.5 Å². The van der Waals surface area contributed by atoms with Crippen molar-refractivity contribution in [3.05, 3.63) is 72.2 Å². The van der Waals surface area contributed by atoms with Crippen molar-refractivity contribution in [1.82, 2.24) is 14.6 Å². The van der Waals surface area contributed by atoms with Gasteiger partial charge in [-0.05, 0) is 42.5 Å². The van der Waals surface area contributed by atoms with Crippen molar-refractivity contribution in [2.24, 2.45) is 0 Å². The first-order chi connectivity index (χ1) is 13.2. The number of carbonyl (C=O) groups excluding carboxylic acids is 1. The third kappa shape index (κ3) is 3.15. The standard InChI is InChI=1S/C19H15N5O3/c1-26-14-6-4-12(5-7-14)16-9-15-17(20)24(11-22-19(15)27-16)23-18(25)13-3-2-8-21-10-13/h2-11,20H,1H3,(H,23,25). The molecule has 3 heterocycles. The fourth-order valence-corrected chi connectivity index (χ4v) is 2.60. The molecule has 1 aromatic carbocycles. The van der Waals surface area contributed by atoms with Crippen molar-refractivity contribution in [2.45, 2.75) is 0 Å². The molecule has 0 fully saturated rings. The number of ether oxygens (including phenoxy) is 1. The average Bonchev–Trinajstić information content (AvgIpc) is 3.16. The van der Waals surface area contributed by atoms with E-state index in [4.69, 9.17) is 14.6 Å². The number of aromatic nitrogens is 3. The van der Waals surface area contributed by atoms with E-state index < -0.39 is 0 Å². The molecule has 0 aliphatic rings. The predicted octanol–water partition coefficient (Wildman–Crippen LogP) is 2.56. The number of pyridine rings is 1. The van der Waals surface area contributed by atoms with Crippen LogP contribution in [0.3, 0.4) is 0 Å². The molecule has 134 valence electrons. The number of amides is 1. The molecule has 4 aromatic rings. The molecule has 2 N–H and O–H groups in total. The number of benzene rings is 1. The van der Waals surface area contributed by atoms with Gasteiger partial charge in [0.1, 0.15) is 17.8 Å². The summed E-state index contributed by atoms with van der Waals surface area (Å²) in [7, 11) is 1.60. The Balaban J connectivity index is 1.67. The van der Waals surface area contributed by atoms with Gasteiger partial charge in [-0.15, -0.1) is 0 Å². The summed E-state index contributed by atoms with van der Waals surface area (Å²) >= 11 is 0. The topological polar surface area (TPSA) is 106 Å². The number of nitrogens with one attached hydrogen (secondary N) is 2. The Kier molecular flexibility index (Phi) is 4.13. The smallest absolute Gasteiger partial charge is 0.271 e. The Morgan fingerprint density at radius 1 is 1.26 bits per heavy atom. The number of nitrogens with zero attached hydrogens (tertiary/aromatic N) is 3. The van der Waals surface area contributed by atoms with E-state index in [0.717, 1.165) is 11.3 Å². The van der Waals surface area contributed by atoms with Crippen molar-refractivity contribution >= 4 is 17.0 Å². The molecule has 0 saturated carbocycles. The Hall–Kier alpha value is -3.94. The molecular weight excluding hydrogens is 346 g/mol. The molecule has 3 aromatic heterocycles. The third-order valence-corrected chi connectivity index (χ3v) is 4.02. The van der Waals surface area contributed by atoms with Crippen molar-refractivity contribution in [3.63, 3.8) is 0 Å². The summed E-state index contributed by atoms with van der Waals surface area (Å²) in [5.41, 5.74) is 4.20. The van der Waals surface area contributed by atoms with E-state index in [-0.39, 0.29) is 11.4 Å². The molecule has 0 atom stereocenters. The van der Waals surface area contributed by atoms with Gasteiger partial charge in [0.05, 0.1) is 18.1 Å². The predicted molar refractivity (Wildman–Crippen MR) is 97.8 cm³/mol. The van der Waals surface area contributed by atoms with Crippen LogP contribution in [0.25, 0.3) is 22.4 Å². The van der Waals surface area contributed by atoms with Crippen LogP contribution in [0.2, 0.25) is 0 Å². The summed E-state index contributed by atoms with van der Waals surface area (Å²) in [6.45, 7) is 0. The summed E-state index contributed by atoms with van der Waals surface area (Å²) < 4.78 is 12.1. The number of hydrogen-bond acceptors (Lipinski definition) is 6. The molecule has 0 unspecified atom stereocenters. The summed E-state index contributed by atoms with van der Waals surface area (Å²) in [5, 5.41) is 8.83. The van der Waals surface area contributed by atoms with Crippen LogP contribution in [-0.2, 0) is 0 Å². The lowest BCUT2D eigenvalue weighted by Crippen LogP contribution is -2.33. The Labute approximate surface area is 153 Å². The van der Waals surface area contributed by atoms with E-state index in [1.165, 1.54) is 17.2 Å². The van der Waals surface area contributed by atoms with Crippen LogP contribution in [0, 0.1) is 5.41 Å². The normalized spacial score (nSPS) is 10.7. The zero-order valence-electron chi connectivity index (χ0n) is 14.3. The quantitative estimate of drug-likeness (QED) is 0.581. The summed E-state index contributed by atoms with van der Waals surface area (Å²) in [5.74, 6) is 0.928. The van der Waals surface area contributed by atoms with Crippen molar-refractivity contribution in [1.29, 1.82) is 5.41 Å². The van der Waals surface area contributed by atoms with E-state index in [2.05, 4.69) is 15.4 Å². The molecule has 0 aliphatic carbocycles. The zero-order chi connectivity index (χ0) is 18.8.